The molecule has 0 bridgehead atoms. The molecule has 0 saturated carbocycles. The predicted octanol–water partition coefficient (Wildman–Crippen LogP) is 5.19. The van der Waals surface area contributed by atoms with E-state index in [0.717, 1.165) is 11.1 Å². The number of non-ortho nitro benzene ring substituents is 1. The van der Waals surface area contributed by atoms with Crippen molar-refractivity contribution >= 4 is 23.4 Å². The van der Waals surface area contributed by atoms with E-state index in [1.807, 2.05) is 12.1 Å². The molecule has 0 aliphatic heterocycles. The van der Waals surface area contributed by atoms with Gasteiger partial charge in [0.1, 0.15) is 5.60 Å². The van der Waals surface area contributed by atoms with Crippen molar-refractivity contribution in [3.8, 4) is 0 Å². The summed E-state index contributed by atoms with van der Waals surface area (Å²) in [5.41, 5.74) is 1.07. The number of hydrogen-bond donors (Lipinski definition) is 0. The number of benzene rings is 2. The van der Waals surface area contributed by atoms with Gasteiger partial charge in [-0.3, -0.25) is 15.0 Å². The van der Waals surface area contributed by atoms with Crippen molar-refractivity contribution in [2.45, 2.75) is 39.5 Å². The summed E-state index contributed by atoms with van der Waals surface area (Å²) in [5, 5.41) is 11.4. The Balaban J connectivity index is 2.19. The Morgan fingerprint density at radius 1 is 1.04 bits per heavy atom. The second-order valence-electron chi connectivity index (χ2n) is 6.89. The Morgan fingerprint density at radius 3 is 1.92 bits per heavy atom. The highest BCUT2D eigenvalue weighted by atomic mass is 35.5. The zero-order valence-electron chi connectivity index (χ0n) is 14.9. The summed E-state index contributed by atoms with van der Waals surface area (Å²) in [7, 11) is 0. The van der Waals surface area contributed by atoms with E-state index in [0.29, 0.717) is 11.6 Å². The van der Waals surface area contributed by atoms with E-state index in [1.54, 1.807) is 49.9 Å². The van der Waals surface area contributed by atoms with Crippen LogP contribution in [0, 0.1) is 10.1 Å². The zero-order valence-corrected chi connectivity index (χ0v) is 15.7. The van der Waals surface area contributed by atoms with E-state index >= 15 is 0 Å². The summed E-state index contributed by atoms with van der Waals surface area (Å²) < 4.78 is 5.48. The molecule has 2 rings (SSSR count). The number of halogens is 1. The number of nitro groups is 1. The Bertz CT molecular complexity index is 768. The van der Waals surface area contributed by atoms with Gasteiger partial charge < -0.3 is 4.74 Å². The van der Waals surface area contributed by atoms with Crippen molar-refractivity contribution in [3.63, 3.8) is 0 Å². The highest BCUT2D eigenvalue weighted by molar-refractivity contribution is 6.30. The molecule has 2 aromatic rings. The summed E-state index contributed by atoms with van der Waals surface area (Å²) >= 11 is 5.91. The van der Waals surface area contributed by atoms with Gasteiger partial charge in [0, 0.05) is 30.2 Å². The molecule has 0 atom stereocenters. The summed E-state index contributed by atoms with van der Waals surface area (Å²) in [6, 6.07) is 13.3. The summed E-state index contributed by atoms with van der Waals surface area (Å²) in [5.74, 6) is 0. The lowest BCUT2D eigenvalue weighted by atomic mass is 10.1. The second-order valence-corrected chi connectivity index (χ2v) is 7.32. The first-order valence-corrected chi connectivity index (χ1v) is 8.47. The molecular formula is C19H21ClN2O4. The Hall–Kier alpha value is -2.60. The van der Waals surface area contributed by atoms with Crippen LogP contribution < -0.4 is 0 Å². The molecule has 0 aliphatic rings. The van der Waals surface area contributed by atoms with Crippen molar-refractivity contribution in [3.05, 3.63) is 74.8 Å². The van der Waals surface area contributed by atoms with E-state index in [-0.39, 0.29) is 12.2 Å². The van der Waals surface area contributed by atoms with Gasteiger partial charge in [0.15, 0.2) is 0 Å². The Morgan fingerprint density at radius 2 is 1.50 bits per heavy atom. The molecule has 7 heteroatoms. The molecule has 1 amide bonds. The molecule has 138 valence electrons. The van der Waals surface area contributed by atoms with Crippen LogP contribution in [0.5, 0.6) is 0 Å². The van der Waals surface area contributed by atoms with Crippen LogP contribution in [-0.2, 0) is 17.8 Å². The van der Waals surface area contributed by atoms with Crippen molar-refractivity contribution in [2.75, 3.05) is 0 Å². The first-order chi connectivity index (χ1) is 12.1. The first kappa shape index (κ1) is 19.7. The maximum Gasteiger partial charge on any atom is 0.410 e. The summed E-state index contributed by atoms with van der Waals surface area (Å²) in [6.07, 6.45) is -0.453. The number of carbonyl (C=O) groups is 1. The van der Waals surface area contributed by atoms with Gasteiger partial charge in [-0.25, -0.2) is 4.79 Å². The summed E-state index contributed by atoms with van der Waals surface area (Å²) in [4.78, 5) is 24.5. The lowest BCUT2D eigenvalue weighted by Crippen LogP contribution is -2.36. The maximum atomic E-state index is 12.6. The number of carbonyl (C=O) groups excluding carboxylic acids is 1. The molecule has 0 N–H and O–H groups in total. The quantitative estimate of drug-likeness (QED) is 0.532. The molecule has 0 unspecified atom stereocenters. The fraction of sp³-hybridized carbons (Fsp3) is 0.316. The third kappa shape index (κ3) is 6.04. The van der Waals surface area contributed by atoms with E-state index in [2.05, 4.69) is 0 Å². The second kappa shape index (κ2) is 8.19. The van der Waals surface area contributed by atoms with E-state index in [1.165, 1.54) is 12.1 Å². The van der Waals surface area contributed by atoms with E-state index in [9.17, 15) is 14.9 Å². The van der Waals surface area contributed by atoms with E-state index in [4.69, 9.17) is 16.3 Å². The number of hydrogen-bond acceptors (Lipinski definition) is 4. The molecule has 0 heterocycles. The molecule has 0 radical (unpaired) electrons. The van der Waals surface area contributed by atoms with Crippen LogP contribution in [0.1, 0.15) is 31.9 Å². The number of amides is 1. The van der Waals surface area contributed by atoms with Gasteiger partial charge in [0.25, 0.3) is 5.69 Å². The summed E-state index contributed by atoms with van der Waals surface area (Å²) in [6.45, 7) is 6.02. The molecule has 0 aliphatic carbocycles. The molecule has 0 aromatic heterocycles. The SMILES string of the molecule is CC(C)(C)OC(=O)N(Cc1ccc(Cl)cc1)Cc1ccc([N+](=O)[O-])cc1. The molecular weight excluding hydrogens is 356 g/mol. The normalized spacial score (nSPS) is 11.1. The van der Waals surface area contributed by atoms with Gasteiger partial charge in [0.05, 0.1) is 4.92 Å². The Labute approximate surface area is 157 Å². The smallest absolute Gasteiger partial charge is 0.410 e. The van der Waals surface area contributed by atoms with Gasteiger partial charge in [-0.15, -0.1) is 0 Å². The van der Waals surface area contributed by atoms with Gasteiger partial charge >= 0.3 is 6.09 Å². The van der Waals surface area contributed by atoms with Crippen molar-refractivity contribution in [1.29, 1.82) is 0 Å². The number of rotatable bonds is 5. The molecule has 6 nitrogen and oxygen atoms in total. The highest BCUT2D eigenvalue weighted by Crippen LogP contribution is 2.19. The maximum absolute atomic E-state index is 12.6. The molecule has 0 spiro atoms. The van der Waals surface area contributed by atoms with Gasteiger partial charge in [-0.1, -0.05) is 35.9 Å². The van der Waals surface area contributed by atoms with Crippen LogP contribution in [0.25, 0.3) is 0 Å². The van der Waals surface area contributed by atoms with Crippen LogP contribution in [0.2, 0.25) is 5.02 Å². The zero-order chi connectivity index (χ0) is 19.3. The van der Waals surface area contributed by atoms with Crippen molar-refractivity contribution in [2.24, 2.45) is 0 Å². The molecule has 0 saturated heterocycles. The molecule has 0 fully saturated rings. The first-order valence-electron chi connectivity index (χ1n) is 8.10. The fourth-order valence-electron chi connectivity index (χ4n) is 2.27. The monoisotopic (exact) mass is 376 g/mol. The minimum absolute atomic E-state index is 0.00951. The predicted molar refractivity (Wildman–Crippen MR) is 100 cm³/mol. The van der Waals surface area contributed by atoms with Gasteiger partial charge in [-0.2, -0.15) is 0 Å². The third-order valence-electron chi connectivity index (χ3n) is 3.46. The minimum atomic E-state index is -0.620. The third-order valence-corrected chi connectivity index (χ3v) is 3.71. The van der Waals surface area contributed by atoms with Crippen LogP contribution in [0.15, 0.2) is 48.5 Å². The van der Waals surface area contributed by atoms with Crippen LogP contribution in [-0.4, -0.2) is 21.5 Å². The topological polar surface area (TPSA) is 72.7 Å². The van der Waals surface area contributed by atoms with Crippen molar-refractivity contribution in [1.82, 2.24) is 4.90 Å². The lowest BCUT2D eigenvalue weighted by molar-refractivity contribution is -0.384. The lowest BCUT2D eigenvalue weighted by Gasteiger charge is -2.27. The Kier molecular flexibility index (Phi) is 6.21. The molecule has 2 aromatic carbocycles. The van der Waals surface area contributed by atoms with Crippen LogP contribution >= 0.6 is 11.6 Å². The highest BCUT2D eigenvalue weighted by Gasteiger charge is 2.22. The number of ether oxygens (including phenoxy) is 1. The number of nitrogens with zero attached hydrogens (tertiary/aromatic N) is 2. The van der Waals surface area contributed by atoms with Crippen molar-refractivity contribution < 1.29 is 14.5 Å². The average Bonchev–Trinajstić information content (AvgIpc) is 2.55. The largest absolute Gasteiger partial charge is 0.444 e. The van der Waals surface area contributed by atoms with Crippen LogP contribution in [0.3, 0.4) is 0 Å². The van der Waals surface area contributed by atoms with Gasteiger partial charge in [0.2, 0.25) is 0 Å². The molecule has 26 heavy (non-hydrogen) atoms. The van der Waals surface area contributed by atoms with E-state index < -0.39 is 16.6 Å². The minimum Gasteiger partial charge on any atom is -0.444 e. The number of nitro benzene ring substituents is 1. The van der Waals surface area contributed by atoms with Gasteiger partial charge in [-0.05, 0) is 44.0 Å². The fourth-order valence-corrected chi connectivity index (χ4v) is 2.39. The average molecular weight is 377 g/mol. The standard InChI is InChI=1S/C19H21ClN2O4/c1-19(2,3)26-18(23)21(12-14-4-8-16(20)9-5-14)13-15-6-10-17(11-7-15)22(24)25/h4-11H,12-13H2,1-3H3. The van der Waals surface area contributed by atoms with Crippen LogP contribution in [0.4, 0.5) is 10.5 Å².